The minimum Gasteiger partial charge on any atom is -0.486 e. The first-order valence-corrected chi connectivity index (χ1v) is 14.0. The molecule has 11 nitrogen and oxygen atoms in total. The first-order valence-electron chi connectivity index (χ1n) is 13.2. The molecule has 0 fully saturated rings. The number of aryl methyl sites for hydroxylation is 2. The molecule has 0 atom stereocenters. The van der Waals surface area contributed by atoms with Crippen molar-refractivity contribution in [3.63, 3.8) is 0 Å². The van der Waals surface area contributed by atoms with Crippen molar-refractivity contribution in [1.29, 1.82) is 0 Å². The van der Waals surface area contributed by atoms with Gasteiger partial charge in [-0.05, 0) is 92.7 Å². The summed E-state index contributed by atoms with van der Waals surface area (Å²) in [6.45, 7) is 4.22. The Morgan fingerprint density at radius 2 is 1.68 bits per heavy atom. The summed E-state index contributed by atoms with van der Waals surface area (Å²) in [6, 6.07) is 24.9. The largest absolute Gasteiger partial charge is 0.486 e. The Balaban J connectivity index is 1.17. The van der Waals surface area contributed by atoms with Gasteiger partial charge in [-0.2, -0.15) is 5.10 Å². The summed E-state index contributed by atoms with van der Waals surface area (Å²) in [5, 5.41) is 14.8. The topological polar surface area (TPSA) is 138 Å². The zero-order chi connectivity index (χ0) is 31.2. The number of halogens is 1. The summed E-state index contributed by atoms with van der Waals surface area (Å²) in [7, 11) is 0. The molecule has 0 bridgehead atoms. The van der Waals surface area contributed by atoms with Crippen LogP contribution < -0.4 is 14.9 Å². The minimum atomic E-state index is -0.715. The molecule has 0 aliphatic carbocycles. The van der Waals surface area contributed by atoms with Gasteiger partial charge in [-0.3, -0.25) is 14.9 Å². The number of esters is 1. The van der Waals surface area contributed by atoms with Gasteiger partial charge in [0.1, 0.15) is 23.9 Å². The van der Waals surface area contributed by atoms with Crippen molar-refractivity contribution < 1.29 is 28.4 Å². The fourth-order valence-electron chi connectivity index (χ4n) is 4.31. The van der Waals surface area contributed by atoms with Crippen LogP contribution in [0.25, 0.3) is 5.69 Å². The van der Waals surface area contributed by atoms with E-state index in [0.717, 1.165) is 17.1 Å². The minimum absolute atomic E-state index is 0.0359. The van der Waals surface area contributed by atoms with E-state index in [-0.39, 0.29) is 29.4 Å². The Bertz CT molecular complexity index is 1840. The van der Waals surface area contributed by atoms with E-state index in [0.29, 0.717) is 21.5 Å². The molecule has 12 heteroatoms. The van der Waals surface area contributed by atoms with E-state index in [2.05, 4.69) is 57.0 Å². The van der Waals surface area contributed by atoms with Crippen molar-refractivity contribution in [3.8, 4) is 17.2 Å². The molecule has 5 aromatic rings. The molecule has 0 unspecified atom stereocenters. The summed E-state index contributed by atoms with van der Waals surface area (Å²) in [5.74, 6) is 0.00411. The van der Waals surface area contributed by atoms with Gasteiger partial charge in [0.15, 0.2) is 5.76 Å². The van der Waals surface area contributed by atoms with Gasteiger partial charge in [-0.1, -0.05) is 15.9 Å². The number of carbonyl (C=O) groups excluding carboxylic acids is 2. The van der Waals surface area contributed by atoms with Crippen LogP contribution in [0.4, 0.5) is 5.69 Å². The molecule has 0 saturated carbocycles. The monoisotopic (exact) mass is 656 g/mol. The molecule has 0 aliphatic rings. The van der Waals surface area contributed by atoms with Gasteiger partial charge >= 0.3 is 11.9 Å². The smallest absolute Gasteiger partial charge is 0.343 e. The van der Waals surface area contributed by atoms with E-state index >= 15 is 0 Å². The number of nitro groups is 1. The predicted octanol–water partition coefficient (Wildman–Crippen LogP) is 6.92. The number of nitro benzene ring substituents is 1. The Morgan fingerprint density at radius 1 is 0.977 bits per heavy atom. The molecule has 1 amide bonds. The predicted molar refractivity (Wildman–Crippen MR) is 166 cm³/mol. The molecule has 2 aromatic heterocycles. The molecule has 5 rings (SSSR count). The number of ether oxygens (including phenoxy) is 2. The van der Waals surface area contributed by atoms with E-state index in [4.69, 9.17) is 13.9 Å². The van der Waals surface area contributed by atoms with Crippen molar-refractivity contribution in [3.05, 3.63) is 140 Å². The van der Waals surface area contributed by atoms with Gasteiger partial charge in [0.05, 0.1) is 16.7 Å². The van der Waals surface area contributed by atoms with Gasteiger partial charge in [0.25, 0.3) is 5.69 Å². The zero-order valence-corrected chi connectivity index (χ0v) is 25.1. The quantitative estimate of drug-likeness (QED) is 0.0566. The number of benzene rings is 3. The third-order valence-electron chi connectivity index (χ3n) is 6.49. The number of nitrogens with zero attached hydrogens (tertiary/aromatic N) is 3. The second-order valence-electron chi connectivity index (χ2n) is 9.57. The van der Waals surface area contributed by atoms with Crippen LogP contribution in [0.15, 0.2) is 105 Å². The molecule has 3 aromatic carbocycles. The lowest BCUT2D eigenvalue weighted by atomic mass is 10.2. The third kappa shape index (κ3) is 7.10. The van der Waals surface area contributed by atoms with Gasteiger partial charge in [-0.15, -0.1) is 0 Å². The van der Waals surface area contributed by atoms with Crippen LogP contribution in [0.5, 0.6) is 11.5 Å². The van der Waals surface area contributed by atoms with Gasteiger partial charge in [-0.25, -0.2) is 10.2 Å². The molecular weight excluding hydrogens is 632 g/mol. The van der Waals surface area contributed by atoms with Crippen LogP contribution in [0.3, 0.4) is 0 Å². The van der Waals surface area contributed by atoms with Crippen molar-refractivity contribution in [2.75, 3.05) is 0 Å². The maximum atomic E-state index is 12.6. The molecule has 0 saturated heterocycles. The van der Waals surface area contributed by atoms with Crippen molar-refractivity contribution in [1.82, 2.24) is 9.99 Å². The van der Waals surface area contributed by atoms with E-state index in [9.17, 15) is 19.7 Å². The van der Waals surface area contributed by atoms with E-state index in [1.807, 2.05) is 24.3 Å². The number of carbonyl (C=O) groups is 2. The Labute approximate surface area is 260 Å². The second kappa shape index (κ2) is 13.2. The van der Waals surface area contributed by atoms with Crippen molar-refractivity contribution >= 4 is 39.7 Å². The van der Waals surface area contributed by atoms with Crippen LogP contribution in [0.2, 0.25) is 0 Å². The van der Waals surface area contributed by atoms with Crippen LogP contribution >= 0.6 is 15.9 Å². The van der Waals surface area contributed by atoms with E-state index in [1.54, 1.807) is 24.3 Å². The van der Waals surface area contributed by atoms with E-state index < -0.39 is 16.8 Å². The van der Waals surface area contributed by atoms with Crippen LogP contribution in [0, 0.1) is 24.0 Å². The number of nitrogens with one attached hydrogen (secondary N) is 1. The van der Waals surface area contributed by atoms with Gasteiger partial charge in [0, 0.05) is 39.2 Å². The Morgan fingerprint density at radius 3 is 2.36 bits per heavy atom. The number of non-ortho nitro benzene ring substituents is 1. The first kappa shape index (κ1) is 30.0. The standard InChI is InChI=1S/C32H25BrN4O7/c1-20-3-4-21(2)36(20)25-10-12-27(13-11-25)42-19-28-14-16-30(43-28)31(38)35-34-18-23-17-24(33)7-15-29(23)44-32(39)22-5-8-26(9-6-22)37(40)41/h3-18H,19H2,1-2H3,(H,35,38)/b34-18-. The highest BCUT2D eigenvalue weighted by Crippen LogP contribution is 2.24. The highest BCUT2D eigenvalue weighted by atomic mass is 79.9. The molecule has 1 N–H and O–H groups in total. The zero-order valence-electron chi connectivity index (χ0n) is 23.5. The van der Waals surface area contributed by atoms with Crippen LogP contribution in [-0.4, -0.2) is 27.6 Å². The van der Waals surface area contributed by atoms with Gasteiger partial charge < -0.3 is 18.5 Å². The normalized spacial score (nSPS) is 11.0. The number of hydrogen-bond donors (Lipinski definition) is 1. The highest BCUT2D eigenvalue weighted by molar-refractivity contribution is 9.10. The SMILES string of the molecule is Cc1ccc(C)n1-c1ccc(OCc2ccc(C(=O)N/N=C\c3cc(Br)ccc3OC(=O)c3ccc([N+](=O)[O-])cc3)o2)cc1. The van der Waals surface area contributed by atoms with Crippen LogP contribution in [0.1, 0.15) is 43.6 Å². The summed E-state index contributed by atoms with van der Waals surface area (Å²) in [4.78, 5) is 35.5. The lowest BCUT2D eigenvalue weighted by molar-refractivity contribution is -0.384. The highest BCUT2D eigenvalue weighted by Gasteiger charge is 2.15. The lowest BCUT2D eigenvalue weighted by Gasteiger charge is -2.10. The number of amides is 1. The van der Waals surface area contributed by atoms with Crippen molar-refractivity contribution in [2.24, 2.45) is 5.10 Å². The van der Waals surface area contributed by atoms with Crippen molar-refractivity contribution in [2.45, 2.75) is 20.5 Å². The number of hydrazone groups is 1. The maximum absolute atomic E-state index is 12.6. The third-order valence-corrected chi connectivity index (χ3v) is 6.98. The number of rotatable bonds is 10. The summed E-state index contributed by atoms with van der Waals surface area (Å²) < 4.78 is 19.7. The Hall–Kier alpha value is -5.49. The fraction of sp³-hybridized carbons (Fsp3) is 0.0938. The molecule has 0 aliphatic heterocycles. The average molecular weight is 657 g/mol. The maximum Gasteiger partial charge on any atom is 0.343 e. The summed E-state index contributed by atoms with van der Waals surface area (Å²) >= 11 is 3.36. The molecule has 44 heavy (non-hydrogen) atoms. The molecule has 0 radical (unpaired) electrons. The van der Waals surface area contributed by atoms with E-state index in [1.165, 1.54) is 36.5 Å². The molecule has 0 spiro atoms. The second-order valence-corrected chi connectivity index (χ2v) is 10.5. The number of hydrogen-bond acceptors (Lipinski definition) is 8. The average Bonchev–Trinajstić information content (AvgIpc) is 3.63. The number of aromatic nitrogens is 1. The first-order chi connectivity index (χ1) is 21.2. The number of furan rings is 1. The molecule has 2 heterocycles. The lowest BCUT2D eigenvalue weighted by Crippen LogP contribution is -2.17. The summed E-state index contributed by atoms with van der Waals surface area (Å²) in [5.41, 5.74) is 6.07. The van der Waals surface area contributed by atoms with Gasteiger partial charge in [0.2, 0.25) is 0 Å². The molecular formula is C32H25BrN4O7. The fourth-order valence-corrected chi connectivity index (χ4v) is 4.68. The Kier molecular flexibility index (Phi) is 9.01. The van der Waals surface area contributed by atoms with Crippen LogP contribution in [-0.2, 0) is 6.61 Å². The summed E-state index contributed by atoms with van der Waals surface area (Å²) in [6.07, 6.45) is 1.31. The molecule has 222 valence electrons.